The zero-order valence-corrected chi connectivity index (χ0v) is 13.6. The Kier molecular flexibility index (Phi) is 4.96. The van der Waals surface area contributed by atoms with E-state index in [9.17, 15) is 9.59 Å². The van der Waals surface area contributed by atoms with Gasteiger partial charge in [-0.05, 0) is 57.2 Å². The van der Waals surface area contributed by atoms with Crippen molar-refractivity contribution in [3.63, 3.8) is 0 Å². The van der Waals surface area contributed by atoms with Crippen LogP contribution in [0.1, 0.15) is 44.1 Å². The highest BCUT2D eigenvalue weighted by atomic mass is 16.2. The highest BCUT2D eigenvalue weighted by molar-refractivity contribution is 5.97. The van der Waals surface area contributed by atoms with Crippen LogP contribution in [0.2, 0.25) is 0 Å². The first-order chi connectivity index (χ1) is 11.1. The van der Waals surface area contributed by atoms with Gasteiger partial charge in [0.05, 0.1) is 6.04 Å². The minimum absolute atomic E-state index is 0.207. The highest BCUT2D eigenvalue weighted by Crippen LogP contribution is 2.28. The van der Waals surface area contributed by atoms with Gasteiger partial charge in [0, 0.05) is 6.04 Å². The summed E-state index contributed by atoms with van der Waals surface area (Å²) in [6.07, 6.45) is 4.14. The molecule has 1 atom stereocenters. The van der Waals surface area contributed by atoms with Crippen molar-refractivity contribution in [3.8, 4) is 0 Å². The fourth-order valence-electron chi connectivity index (χ4n) is 3.18. The standard InChI is InChI=1S/C18H25N3O2/c1-13(17(22)20-18(23)19-16-7-8-16)21-11-9-15(10-12-21)14-5-3-2-4-6-14/h2-6,13,15-16H,7-12H2,1H3,(H2,19,20,22,23). The van der Waals surface area contributed by atoms with Crippen molar-refractivity contribution in [1.82, 2.24) is 15.5 Å². The summed E-state index contributed by atoms with van der Waals surface area (Å²) in [7, 11) is 0. The van der Waals surface area contributed by atoms with Crippen LogP contribution in [0.4, 0.5) is 4.79 Å². The number of benzene rings is 1. The molecule has 1 unspecified atom stereocenters. The topological polar surface area (TPSA) is 61.4 Å². The molecule has 2 aliphatic rings. The van der Waals surface area contributed by atoms with Gasteiger partial charge in [-0.25, -0.2) is 4.79 Å². The maximum absolute atomic E-state index is 12.2. The summed E-state index contributed by atoms with van der Waals surface area (Å²) < 4.78 is 0. The zero-order chi connectivity index (χ0) is 16.2. The molecule has 2 fully saturated rings. The lowest BCUT2D eigenvalue weighted by atomic mass is 9.89. The first-order valence-corrected chi connectivity index (χ1v) is 8.54. The van der Waals surface area contributed by atoms with Crippen LogP contribution in [-0.2, 0) is 4.79 Å². The second-order valence-corrected chi connectivity index (χ2v) is 6.63. The number of nitrogens with zero attached hydrogens (tertiary/aromatic N) is 1. The lowest BCUT2D eigenvalue weighted by molar-refractivity contribution is -0.125. The van der Waals surface area contributed by atoms with E-state index in [0.29, 0.717) is 5.92 Å². The van der Waals surface area contributed by atoms with Gasteiger partial charge in [-0.15, -0.1) is 0 Å². The molecule has 2 N–H and O–H groups in total. The quantitative estimate of drug-likeness (QED) is 0.896. The number of urea groups is 1. The molecule has 0 radical (unpaired) electrons. The number of rotatable bonds is 4. The van der Waals surface area contributed by atoms with Crippen LogP contribution < -0.4 is 10.6 Å². The van der Waals surface area contributed by atoms with Crippen LogP contribution in [0.15, 0.2) is 30.3 Å². The van der Waals surface area contributed by atoms with Crippen LogP contribution >= 0.6 is 0 Å². The molecule has 124 valence electrons. The summed E-state index contributed by atoms with van der Waals surface area (Å²) >= 11 is 0. The average molecular weight is 315 g/mol. The van der Waals surface area contributed by atoms with E-state index in [0.717, 1.165) is 38.8 Å². The number of imide groups is 1. The van der Waals surface area contributed by atoms with Crippen molar-refractivity contribution < 1.29 is 9.59 Å². The number of piperidine rings is 1. The number of hydrogen-bond donors (Lipinski definition) is 2. The summed E-state index contributed by atoms with van der Waals surface area (Å²) in [6, 6.07) is 10.2. The number of hydrogen-bond acceptors (Lipinski definition) is 3. The van der Waals surface area contributed by atoms with Gasteiger partial charge in [-0.2, -0.15) is 0 Å². The van der Waals surface area contributed by atoms with Crippen LogP contribution in [0, 0.1) is 0 Å². The monoisotopic (exact) mass is 315 g/mol. The first kappa shape index (κ1) is 16.0. The molecular weight excluding hydrogens is 290 g/mol. The second-order valence-electron chi connectivity index (χ2n) is 6.63. The Morgan fingerprint density at radius 2 is 1.74 bits per heavy atom. The van der Waals surface area contributed by atoms with Gasteiger partial charge in [-0.1, -0.05) is 30.3 Å². The third-order valence-corrected chi connectivity index (χ3v) is 4.88. The smallest absolute Gasteiger partial charge is 0.321 e. The molecule has 1 aliphatic carbocycles. The molecule has 3 amide bonds. The molecule has 1 aromatic carbocycles. The van der Waals surface area contributed by atoms with Gasteiger partial charge in [0.2, 0.25) is 5.91 Å². The fraction of sp³-hybridized carbons (Fsp3) is 0.556. The molecule has 3 rings (SSSR count). The lowest BCUT2D eigenvalue weighted by Crippen LogP contribution is -2.51. The van der Waals surface area contributed by atoms with Gasteiger partial charge >= 0.3 is 6.03 Å². The molecule has 1 saturated heterocycles. The number of amides is 3. The first-order valence-electron chi connectivity index (χ1n) is 8.54. The number of carbonyl (C=O) groups is 2. The van der Waals surface area contributed by atoms with E-state index in [1.165, 1.54) is 5.56 Å². The lowest BCUT2D eigenvalue weighted by Gasteiger charge is -2.35. The van der Waals surface area contributed by atoms with Crippen molar-refractivity contribution >= 4 is 11.9 Å². The fourth-order valence-corrected chi connectivity index (χ4v) is 3.18. The van der Waals surface area contributed by atoms with E-state index in [1.54, 1.807) is 0 Å². The molecule has 1 saturated carbocycles. The van der Waals surface area contributed by atoms with Gasteiger partial charge < -0.3 is 5.32 Å². The molecule has 0 aromatic heterocycles. The molecule has 1 aromatic rings. The molecule has 0 spiro atoms. The Morgan fingerprint density at radius 1 is 1.09 bits per heavy atom. The number of nitrogens with one attached hydrogen (secondary N) is 2. The van der Waals surface area contributed by atoms with Gasteiger partial charge in [0.15, 0.2) is 0 Å². The Balaban J connectivity index is 1.46. The van der Waals surface area contributed by atoms with Crippen LogP contribution in [0.3, 0.4) is 0 Å². The summed E-state index contributed by atoms with van der Waals surface area (Å²) in [5, 5.41) is 5.24. The van der Waals surface area contributed by atoms with Crippen LogP contribution in [0.25, 0.3) is 0 Å². The van der Waals surface area contributed by atoms with Crippen molar-refractivity contribution in [2.45, 2.75) is 50.6 Å². The Bertz CT molecular complexity index is 549. The predicted molar refractivity (Wildman–Crippen MR) is 89.1 cm³/mol. The third kappa shape index (κ3) is 4.32. The molecule has 5 nitrogen and oxygen atoms in total. The maximum Gasteiger partial charge on any atom is 0.321 e. The molecule has 23 heavy (non-hydrogen) atoms. The number of carbonyl (C=O) groups excluding carboxylic acids is 2. The SMILES string of the molecule is CC(C(=O)NC(=O)NC1CC1)N1CCC(c2ccccc2)CC1. The number of likely N-dealkylation sites (tertiary alicyclic amines) is 1. The highest BCUT2D eigenvalue weighted by Gasteiger charge is 2.29. The van der Waals surface area contributed by atoms with E-state index in [2.05, 4.69) is 39.8 Å². The normalized spacial score (nSPS) is 20.7. The van der Waals surface area contributed by atoms with E-state index in [1.807, 2.05) is 13.0 Å². The maximum atomic E-state index is 12.2. The molecule has 1 aliphatic heterocycles. The third-order valence-electron chi connectivity index (χ3n) is 4.88. The Labute approximate surface area is 137 Å². The largest absolute Gasteiger partial charge is 0.335 e. The van der Waals surface area contributed by atoms with E-state index in [4.69, 9.17) is 0 Å². The molecule has 0 bridgehead atoms. The van der Waals surface area contributed by atoms with Crippen molar-refractivity contribution in [2.24, 2.45) is 0 Å². The Hall–Kier alpha value is -1.88. The average Bonchev–Trinajstić information content (AvgIpc) is 3.39. The zero-order valence-electron chi connectivity index (χ0n) is 13.6. The van der Waals surface area contributed by atoms with E-state index in [-0.39, 0.29) is 24.0 Å². The molecular formula is C18H25N3O2. The summed E-state index contributed by atoms with van der Waals surface area (Å²) in [5.41, 5.74) is 1.38. The van der Waals surface area contributed by atoms with E-state index >= 15 is 0 Å². The minimum Gasteiger partial charge on any atom is -0.335 e. The van der Waals surface area contributed by atoms with Gasteiger partial charge in [0.25, 0.3) is 0 Å². The molecule has 5 heteroatoms. The van der Waals surface area contributed by atoms with Crippen molar-refractivity contribution in [1.29, 1.82) is 0 Å². The van der Waals surface area contributed by atoms with Crippen molar-refractivity contribution in [2.75, 3.05) is 13.1 Å². The van der Waals surface area contributed by atoms with Crippen molar-refractivity contribution in [3.05, 3.63) is 35.9 Å². The summed E-state index contributed by atoms with van der Waals surface area (Å²) in [6.45, 7) is 3.65. The van der Waals surface area contributed by atoms with Gasteiger partial charge in [-0.3, -0.25) is 15.0 Å². The summed E-state index contributed by atoms with van der Waals surface area (Å²) in [4.78, 5) is 26.0. The van der Waals surface area contributed by atoms with E-state index < -0.39 is 0 Å². The summed E-state index contributed by atoms with van der Waals surface area (Å²) in [5.74, 6) is 0.363. The van der Waals surface area contributed by atoms with Crippen LogP contribution in [0.5, 0.6) is 0 Å². The van der Waals surface area contributed by atoms with Gasteiger partial charge in [0.1, 0.15) is 0 Å². The van der Waals surface area contributed by atoms with Crippen LogP contribution in [-0.4, -0.2) is 42.0 Å². The molecule has 1 heterocycles. The Morgan fingerprint density at radius 3 is 2.35 bits per heavy atom. The predicted octanol–water partition coefficient (Wildman–Crippen LogP) is 2.24. The minimum atomic E-state index is -0.358. The second kappa shape index (κ2) is 7.13.